The molecule has 2 aromatic heterocycles. The molecule has 5 nitrogen and oxygen atoms in total. The maximum atomic E-state index is 5.89. The van der Waals surface area contributed by atoms with Gasteiger partial charge in [-0.05, 0) is 45.3 Å². The van der Waals surface area contributed by atoms with Crippen LogP contribution in [0.2, 0.25) is 0 Å². The molecular formula is C14H21N5. The Kier molecular flexibility index (Phi) is 3.14. The van der Waals surface area contributed by atoms with Crippen molar-refractivity contribution in [2.75, 3.05) is 26.4 Å². The van der Waals surface area contributed by atoms with E-state index in [4.69, 9.17) is 5.73 Å². The molecule has 1 fully saturated rings. The van der Waals surface area contributed by atoms with Crippen molar-refractivity contribution in [1.82, 2.24) is 19.4 Å². The molecule has 0 saturated heterocycles. The second-order valence-corrected chi connectivity index (χ2v) is 5.81. The third-order valence-electron chi connectivity index (χ3n) is 4.07. The Bertz CT molecular complexity index is 574. The van der Waals surface area contributed by atoms with E-state index in [1.165, 1.54) is 25.8 Å². The van der Waals surface area contributed by atoms with E-state index in [0.29, 0.717) is 11.9 Å². The molecule has 0 bridgehead atoms. The van der Waals surface area contributed by atoms with Crippen molar-refractivity contribution in [2.45, 2.75) is 25.3 Å². The first-order valence-electron chi connectivity index (χ1n) is 6.87. The van der Waals surface area contributed by atoms with Gasteiger partial charge < -0.3 is 15.2 Å². The fourth-order valence-corrected chi connectivity index (χ4v) is 3.27. The van der Waals surface area contributed by atoms with Crippen LogP contribution in [0.3, 0.4) is 0 Å². The summed E-state index contributed by atoms with van der Waals surface area (Å²) < 4.78 is 2.28. The molecule has 0 amide bonds. The summed E-state index contributed by atoms with van der Waals surface area (Å²) in [6.07, 6.45) is 7.42. The molecule has 1 aliphatic carbocycles. The quantitative estimate of drug-likeness (QED) is 0.914. The summed E-state index contributed by atoms with van der Waals surface area (Å²) in [7, 11) is 4.29. The highest BCUT2D eigenvalue weighted by molar-refractivity contribution is 5.86. The Morgan fingerprint density at radius 2 is 2.21 bits per heavy atom. The second-order valence-electron chi connectivity index (χ2n) is 5.81. The van der Waals surface area contributed by atoms with Gasteiger partial charge >= 0.3 is 0 Å². The van der Waals surface area contributed by atoms with Crippen LogP contribution in [0.4, 0.5) is 5.82 Å². The molecule has 1 aliphatic rings. The monoisotopic (exact) mass is 259 g/mol. The predicted octanol–water partition coefficient (Wildman–Crippen LogP) is 1.92. The molecule has 0 aliphatic heterocycles. The van der Waals surface area contributed by atoms with Gasteiger partial charge in [0.05, 0.1) is 5.39 Å². The van der Waals surface area contributed by atoms with E-state index in [1.807, 2.05) is 6.07 Å². The lowest BCUT2D eigenvalue weighted by molar-refractivity contribution is 0.322. The number of rotatable bonds is 3. The van der Waals surface area contributed by atoms with Gasteiger partial charge in [0, 0.05) is 18.8 Å². The average Bonchev–Trinajstić information content (AvgIpc) is 2.95. The second kappa shape index (κ2) is 4.81. The molecule has 2 unspecified atom stereocenters. The molecule has 5 heteroatoms. The first-order chi connectivity index (χ1) is 9.15. The van der Waals surface area contributed by atoms with E-state index in [9.17, 15) is 0 Å². The van der Waals surface area contributed by atoms with E-state index in [2.05, 4.69) is 39.7 Å². The number of hydrogen-bond acceptors (Lipinski definition) is 4. The molecule has 2 aromatic rings. The SMILES string of the molecule is CN(C)CC1CCC(n2ccc3c(N)ncnc32)C1. The minimum atomic E-state index is 0.553. The van der Waals surface area contributed by atoms with Crippen molar-refractivity contribution in [1.29, 1.82) is 0 Å². The van der Waals surface area contributed by atoms with Crippen LogP contribution >= 0.6 is 0 Å². The van der Waals surface area contributed by atoms with Crippen LogP contribution < -0.4 is 5.73 Å². The normalized spacial score (nSPS) is 23.5. The molecule has 0 aromatic carbocycles. The van der Waals surface area contributed by atoms with Crippen LogP contribution in [0.25, 0.3) is 11.0 Å². The molecule has 1 saturated carbocycles. The van der Waals surface area contributed by atoms with Crippen molar-refractivity contribution >= 4 is 16.9 Å². The Morgan fingerprint density at radius 3 is 3.00 bits per heavy atom. The van der Waals surface area contributed by atoms with Crippen LogP contribution in [0.15, 0.2) is 18.6 Å². The molecular weight excluding hydrogens is 238 g/mol. The standard InChI is InChI=1S/C14H21N5/c1-18(2)8-10-3-4-11(7-10)19-6-5-12-13(15)16-9-17-14(12)19/h5-6,9-11H,3-4,7-8H2,1-2H3,(H2,15,16,17). The summed E-state index contributed by atoms with van der Waals surface area (Å²) in [5.41, 5.74) is 6.87. The van der Waals surface area contributed by atoms with Crippen molar-refractivity contribution in [3.8, 4) is 0 Å². The van der Waals surface area contributed by atoms with Crippen molar-refractivity contribution in [3.63, 3.8) is 0 Å². The minimum absolute atomic E-state index is 0.553. The topological polar surface area (TPSA) is 60.0 Å². The third kappa shape index (κ3) is 2.30. The van der Waals surface area contributed by atoms with Crippen LogP contribution in [0, 0.1) is 5.92 Å². The lowest BCUT2D eigenvalue weighted by Gasteiger charge is -2.17. The molecule has 19 heavy (non-hydrogen) atoms. The number of nitrogens with two attached hydrogens (primary N) is 1. The third-order valence-corrected chi connectivity index (χ3v) is 4.07. The number of nitrogen functional groups attached to an aromatic ring is 1. The largest absolute Gasteiger partial charge is 0.383 e. The van der Waals surface area contributed by atoms with Gasteiger partial charge in [0.2, 0.25) is 0 Å². The van der Waals surface area contributed by atoms with Gasteiger partial charge in [-0.3, -0.25) is 0 Å². The highest BCUT2D eigenvalue weighted by Gasteiger charge is 2.27. The molecule has 0 spiro atoms. The fourth-order valence-electron chi connectivity index (χ4n) is 3.27. The van der Waals surface area contributed by atoms with Crippen molar-refractivity contribution < 1.29 is 0 Å². The Hall–Kier alpha value is -1.62. The van der Waals surface area contributed by atoms with E-state index in [1.54, 1.807) is 6.33 Å². The highest BCUT2D eigenvalue weighted by atomic mass is 15.1. The zero-order valence-electron chi connectivity index (χ0n) is 11.6. The Balaban J connectivity index is 1.84. The van der Waals surface area contributed by atoms with Crippen LogP contribution in [0.5, 0.6) is 0 Å². The van der Waals surface area contributed by atoms with Gasteiger partial charge in [0.25, 0.3) is 0 Å². The van der Waals surface area contributed by atoms with E-state index in [-0.39, 0.29) is 0 Å². The number of fused-ring (bicyclic) bond motifs is 1. The number of nitrogens with zero attached hydrogens (tertiary/aromatic N) is 4. The van der Waals surface area contributed by atoms with Crippen LogP contribution in [-0.4, -0.2) is 40.1 Å². The molecule has 2 atom stereocenters. The molecule has 0 radical (unpaired) electrons. The first kappa shape index (κ1) is 12.4. The van der Waals surface area contributed by atoms with E-state index < -0.39 is 0 Å². The predicted molar refractivity (Wildman–Crippen MR) is 76.9 cm³/mol. The van der Waals surface area contributed by atoms with Gasteiger partial charge in [-0.2, -0.15) is 0 Å². The van der Waals surface area contributed by atoms with Gasteiger partial charge in [-0.1, -0.05) is 0 Å². The summed E-state index contributed by atoms with van der Waals surface area (Å²) in [6, 6.07) is 2.58. The highest BCUT2D eigenvalue weighted by Crippen LogP contribution is 2.36. The average molecular weight is 259 g/mol. The van der Waals surface area contributed by atoms with Gasteiger partial charge in [0.15, 0.2) is 0 Å². The lowest BCUT2D eigenvalue weighted by atomic mass is 10.1. The summed E-state index contributed by atoms with van der Waals surface area (Å²) in [5, 5.41) is 0.971. The van der Waals surface area contributed by atoms with Gasteiger partial charge in [0.1, 0.15) is 17.8 Å². The molecule has 2 heterocycles. The summed E-state index contributed by atoms with van der Waals surface area (Å²) >= 11 is 0. The zero-order chi connectivity index (χ0) is 13.4. The number of aromatic nitrogens is 3. The molecule has 102 valence electrons. The fraction of sp³-hybridized carbons (Fsp3) is 0.571. The van der Waals surface area contributed by atoms with Crippen LogP contribution in [0.1, 0.15) is 25.3 Å². The minimum Gasteiger partial charge on any atom is -0.383 e. The number of hydrogen-bond donors (Lipinski definition) is 1. The van der Waals surface area contributed by atoms with Crippen molar-refractivity contribution in [3.05, 3.63) is 18.6 Å². The number of anilines is 1. The smallest absolute Gasteiger partial charge is 0.145 e. The lowest BCUT2D eigenvalue weighted by Crippen LogP contribution is -2.20. The van der Waals surface area contributed by atoms with Crippen molar-refractivity contribution in [2.24, 2.45) is 5.92 Å². The Morgan fingerprint density at radius 1 is 1.37 bits per heavy atom. The van der Waals surface area contributed by atoms with Crippen LogP contribution in [-0.2, 0) is 0 Å². The maximum Gasteiger partial charge on any atom is 0.145 e. The van der Waals surface area contributed by atoms with E-state index >= 15 is 0 Å². The summed E-state index contributed by atoms with van der Waals surface area (Å²) in [5.74, 6) is 1.36. The molecule has 3 rings (SSSR count). The zero-order valence-corrected chi connectivity index (χ0v) is 11.6. The van der Waals surface area contributed by atoms with Gasteiger partial charge in [-0.25, -0.2) is 9.97 Å². The molecule has 2 N–H and O–H groups in total. The summed E-state index contributed by atoms with van der Waals surface area (Å²) in [6.45, 7) is 1.17. The first-order valence-corrected chi connectivity index (χ1v) is 6.87. The maximum absolute atomic E-state index is 5.89. The summed E-state index contributed by atoms with van der Waals surface area (Å²) in [4.78, 5) is 10.7. The van der Waals surface area contributed by atoms with Gasteiger partial charge in [-0.15, -0.1) is 0 Å². The Labute approximate surface area is 113 Å². The van der Waals surface area contributed by atoms with E-state index in [0.717, 1.165) is 17.0 Å².